The molecule has 27 heavy (non-hydrogen) atoms. The highest BCUT2D eigenvalue weighted by molar-refractivity contribution is 5.28. The minimum absolute atomic E-state index is 0.197. The Labute approximate surface area is 165 Å². The van der Waals surface area contributed by atoms with Crippen molar-refractivity contribution in [3.05, 3.63) is 59.2 Å². The zero-order valence-corrected chi connectivity index (χ0v) is 17.0. The maximum Gasteiger partial charge on any atom is 0.0721 e. The van der Waals surface area contributed by atoms with Crippen LogP contribution in [0.2, 0.25) is 0 Å². The Bertz CT molecular complexity index is 660. The fourth-order valence-electron chi connectivity index (χ4n) is 4.93. The Hall–Kier alpha value is -1.38. The number of benzene rings is 1. The second kappa shape index (κ2) is 9.71. The molecule has 1 aromatic rings. The average Bonchev–Trinajstić information content (AvgIpc) is 3.16. The Morgan fingerprint density at radius 1 is 1.19 bits per heavy atom. The van der Waals surface area contributed by atoms with Gasteiger partial charge in [0, 0.05) is 5.92 Å². The Balaban J connectivity index is 1.52. The van der Waals surface area contributed by atoms with Crippen molar-refractivity contribution in [3.8, 4) is 0 Å². The van der Waals surface area contributed by atoms with Crippen molar-refractivity contribution in [2.24, 2.45) is 17.8 Å². The average molecular weight is 369 g/mol. The number of fused-ring (bicyclic) bond motifs is 1. The highest BCUT2D eigenvalue weighted by Gasteiger charge is 2.43. The van der Waals surface area contributed by atoms with E-state index >= 15 is 0 Å². The third kappa shape index (κ3) is 5.33. The maximum absolute atomic E-state index is 10.5. The number of rotatable bonds is 9. The smallest absolute Gasteiger partial charge is 0.0721 e. The number of allylic oxidation sites excluding steroid dienone is 2. The van der Waals surface area contributed by atoms with Crippen LogP contribution in [0.15, 0.2) is 48.1 Å². The molecule has 1 aromatic carbocycles. The van der Waals surface area contributed by atoms with Crippen LogP contribution in [0.3, 0.4) is 0 Å². The Morgan fingerprint density at radius 3 is 2.78 bits per heavy atom. The zero-order chi connectivity index (χ0) is 19.2. The van der Waals surface area contributed by atoms with Gasteiger partial charge in [0.1, 0.15) is 0 Å². The SMILES string of the molecule is CCCCCC(O)/C=C/C1C(O)CC2C=C(CCc3ccccc3C)CC21. The lowest BCUT2D eigenvalue weighted by Crippen LogP contribution is -2.18. The molecule has 2 aliphatic rings. The van der Waals surface area contributed by atoms with Gasteiger partial charge in [0.25, 0.3) is 0 Å². The van der Waals surface area contributed by atoms with Crippen molar-refractivity contribution in [2.45, 2.75) is 77.4 Å². The number of unbranched alkanes of at least 4 members (excludes halogenated alkanes) is 2. The van der Waals surface area contributed by atoms with Crippen LogP contribution in [0.25, 0.3) is 0 Å². The molecule has 0 radical (unpaired) electrons. The van der Waals surface area contributed by atoms with E-state index < -0.39 is 0 Å². The van der Waals surface area contributed by atoms with Crippen molar-refractivity contribution in [3.63, 3.8) is 0 Å². The summed E-state index contributed by atoms with van der Waals surface area (Å²) in [5.41, 5.74) is 4.38. The van der Waals surface area contributed by atoms with Crippen molar-refractivity contribution in [1.82, 2.24) is 0 Å². The van der Waals surface area contributed by atoms with E-state index in [1.165, 1.54) is 24.0 Å². The lowest BCUT2D eigenvalue weighted by molar-refractivity contribution is 0.139. The summed E-state index contributed by atoms with van der Waals surface area (Å²) in [5, 5.41) is 20.7. The van der Waals surface area contributed by atoms with Crippen LogP contribution in [0.5, 0.6) is 0 Å². The number of aryl methyl sites for hydroxylation is 2. The normalized spacial score (nSPS) is 28.5. The summed E-state index contributed by atoms with van der Waals surface area (Å²) in [7, 11) is 0. The molecule has 0 bridgehead atoms. The van der Waals surface area contributed by atoms with Gasteiger partial charge >= 0.3 is 0 Å². The molecule has 148 valence electrons. The van der Waals surface area contributed by atoms with Crippen molar-refractivity contribution < 1.29 is 10.2 Å². The molecule has 0 amide bonds. The van der Waals surface area contributed by atoms with Gasteiger partial charge in [-0.2, -0.15) is 0 Å². The lowest BCUT2D eigenvalue weighted by atomic mass is 9.88. The second-order valence-corrected chi connectivity index (χ2v) is 8.61. The third-order valence-corrected chi connectivity index (χ3v) is 6.59. The fraction of sp³-hybridized carbons (Fsp3) is 0.600. The second-order valence-electron chi connectivity index (χ2n) is 8.61. The first kappa shape index (κ1) is 20.4. The summed E-state index contributed by atoms with van der Waals surface area (Å²) in [4.78, 5) is 0. The number of hydrogen-bond acceptors (Lipinski definition) is 2. The molecule has 2 aliphatic carbocycles. The molecule has 1 saturated carbocycles. The van der Waals surface area contributed by atoms with Crippen LogP contribution in [-0.4, -0.2) is 22.4 Å². The molecule has 0 aliphatic heterocycles. The Kier molecular flexibility index (Phi) is 7.32. The van der Waals surface area contributed by atoms with Gasteiger partial charge in [0.2, 0.25) is 0 Å². The van der Waals surface area contributed by atoms with E-state index in [-0.39, 0.29) is 18.1 Å². The molecule has 3 rings (SSSR count). The van der Waals surface area contributed by atoms with Crippen LogP contribution in [0.1, 0.15) is 63.0 Å². The van der Waals surface area contributed by atoms with E-state index in [0.717, 1.165) is 38.5 Å². The number of aliphatic hydroxyl groups excluding tert-OH is 2. The molecule has 1 fully saturated rings. The van der Waals surface area contributed by atoms with Crippen molar-refractivity contribution in [2.75, 3.05) is 0 Å². The van der Waals surface area contributed by atoms with E-state index in [1.54, 1.807) is 5.57 Å². The van der Waals surface area contributed by atoms with E-state index in [9.17, 15) is 10.2 Å². The first-order valence-electron chi connectivity index (χ1n) is 10.9. The van der Waals surface area contributed by atoms with Crippen molar-refractivity contribution >= 4 is 0 Å². The third-order valence-electron chi connectivity index (χ3n) is 6.59. The van der Waals surface area contributed by atoms with Crippen LogP contribution in [0, 0.1) is 24.7 Å². The monoisotopic (exact) mass is 368 g/mol. The summed E-state index contributed by atoms with van der Waals surface area (Å²) in [6, 6.07) is 8.66. The van der Waals surface area contributed by atoms with Gasteiger partial charge in [-0.3, -0.25) is 0 Å². The van der Waals surface area contributed by atoms with Gasteiger partial charge in [-0.05, 0) is 62.0 Å². The van der Waals surface area contributed by atoms with Gasteiger partial charge in [-0.15, -0.1) is 0 Å². The summed E-state index contributed by atoms with van der Waals surface area (Å²) in [5.74, 6) is 1.23. The minimum atomic E-state index is -0.363. The molecule has 0 heterocycles. The number of hydrogen-bond donors (Lipinski definition) is 2. The predicted molar refractivity (Wildman–Crippen MR) is 113 cm³/mol. The molecule has 0 spiro atoms. The summed E-state index contributed by atoms with van der Waals surface area (Å²) in [6.45, 7) is 4.37. The largest absolute Gasteiger partial charge is 0.392 e. The highest BCUT2D eigenvalue weighted by atomic mass is 16.3. The van der Waals surface area contributed by atoms with Gasteiger partial charge < -0.3 is 10.2 Å². The summed E-state index contributed by atoms with van der Waals surface area (Å²) < 4.78 is 0. The fourth-order valence-corrected chi connectivity index (χ4v) is 4.93. The van der Waals surface area contributed by atoms with E-state index in [2.05, 4.69) is 50.3 Å². The molecule has 2 nitrogen and oxygen atoms in total. The number of aliphatic hydroxyl groups is 2. The minimum Gasteiger partial charge on any atom is -0.392 e. The molecule has 0 saturated heterocycles. The molecule has 2 heteroatoms. The van der Waals surface area contributed by atoms with E-state index in [4.69, 9.17) is 0 Å². The Morgan fingerprint density at radius 2 is 2.00 bits per heavy atom. The van der Waals surface area contributed by atoms with Crippen molar-refractivity contribution in [1.29, 1.82) is 0 Å². The van der Waals surface area contributed by atoms with Crippen LogP contribution in [-0.2, 0) is 6.42 Å². The summed E-state index contributed by atoms with van der Waals surface area (Å²) >= 11 is 0. The zero-order valence-electron chi connectivity index (χ0n) is 17.0. The molecular weight excluding hydrogens is 332 g/mol. The van der Waals surface area contributed by atoms with Crippen LogP contribution < -0.4 is 0 Å². The molecular formula is C25H36O2. The first-order valence-corrected chi connectivity index (χ1v) is 10.9. The topological polar surface area (TPSA) is 40.5 Å². The van der Waals surface area contributed by atoms with Crippen LogP contribution >= 0.6 is 0 Å². The van der Waals surface area contributed by atoms with Crippen LogP contribution in [0.4, 0.5) is 0 Å². The molecule has 2 N–H and O–H groups in total. The lowest BCUT2D eigenvalue weighted by Gasteiger charge is -2.19. The van der Waals surface area contributed by atoms with Gasteiger partial charge in [-0.25, -0.2) is 0 Å². The van der Waals surface area contributed by atoms with E-state index in [0.29, 0.717) is 11.8 Å². The van der Waals surface area contributed by atoms with Gasteiger partial charge in [-0.1, -0.05) is 74.3 Å². The molecule has 5 unspecified atom stereocenters. The highest BCUT2D eigenvalue weighted by Crippen LogP contribution is 2.48. The molecule has 5 atom stereocenters. The van der Waals surface area contributed by atoms with Gasteiger partial charge in [0.15, 0.2) is 0 Å². The maximum atomic E-state index is 10.5. The standard InChI is InChI=1S/C25H36O2/c1-3-4-5-10-22(26)13-14-23-24-16-19(15-21(24)17-25(23)27)11-12-20-9-7-6-8-18(20)2/h6-9,13-15,21-27H,3-5,10-12,16-17H2,1-2H3/b14-13+. The first-order chi connectivity index (χ1) is 13.1. The van der Waals surface area contributed by atoms with Gasteiger partial charge in [0.05, 0.1) is 12.2 Å². The predicted octanol–water partition coefficient (Wildman–Crippen LogP) is 5.37. The summed E-state index contributed by atoms with van der Waals surface area (Å²) in [6.07, 6.45) is 14.4. The van der Waals surface area contributed by atoms with E-state index in [1.807, 2.05) is 6.08 Å². The quantitative estimate of drug-likeness (QED) is 0.454. The molecule has 0 aromatic heterocycles.